The standard InChI is InChI=1S/C8H11N6.C5H4N6.C3H3N3.C3H7.C2H.N3.3Y/c1-6(2)8-5-14(13-11-8)4-7-3-9-12-10-7;1-2-11(10-6-1)4-5-3-7-9-8-5;1-2-3-5-6-4;1-3-2;1-2;1-3-2;;;/h3,5-6H,4H2,1-2H3;2-3H,4H2;1H,3H2;3H,1-2H3;1H;;;;/q-1;-2;;3*-1;;;. The first-order valence-electron chi connectivity index (χ1n) is 10.7. The minimum atomic E-state index is 0. The number of rotatable bonds is 6. The van der Waals surface area contributed by atoms with E-state index in [9.17, 15) is 0 Å². The molecule has 4 heterocycles. The molecule has 0 fully saturated rings. The van der Waals surface area contributed by atoms with Crippen molar-refractivity contribution in [3.8, 4) is 18.8 Å². The molecule has 0 saturated heterocycles. The number of aromatic nitrogens is 12. The van der Waals surface area contributed by atoms with E-state index in [1.807, 2.05) is 26.5 Å². The molecule has 0 aliphatic heterocycles. The molecule has 0 atom stereocenters. The van der Waals surface area contributed by atoms with Gasteiger partial charge >= 0.3 is 0 Å². The third kappa shape index (κ3) is 27.8. The topological polar surface area (TPSA) is 249 Å². The van der Waals surface area contributed by atoms with Gasteiger partial charge < -0.3 is 62.0 Å². The van der Waals surface area contributed by atoms with Crippen LogP contribution in [-0.2, 0) is 111 Å². The largest absolute Gasteiger partial charge is 0.697 e. The third-order valence-electron chi connectivity index (χ3n) is 3.31. The number of hydrogen-bond donors (Lipinski definition) is 0. The minimum absolute atomic E-state index is 0. The normalized spacial score (nSPS) is 7.76. The Hall–Kier alpha value is -2.39. The van der Waals surface area contributed by atoms with Crippen molar-refractivity contribution < 1.29 is 98.1 Å². The van der Waals surface area contributed by atoms with Gasteiger partial charge in [0.05, 0.1) is 25.3 Å². The van der Waals surface area contributed by atoms with E-state index in [-0.39, 0.29) is 105 Å². The van der Waals surface area contributed by atoms with Gasteiger partial charge in [-0.05, 0) is 22.8 Å². The Kier molecular flexibility index (Phi) is 43.0. The molecule has 0 amide bonds. The maximum Gasteiger partial charge on any atom is 0.0874 e. The number of azide groups is 1. The number of hydrogen-bond acceptors (Lipinski definition) is 9. The summed E-state index contributed by atoms with van der Waals surface area (Å²) in [5.41, 5.74) is 23.6. The second kappa shape index (κ2) is 36.6. The summed E-state index contributed by atoms with van der Waals surface area (Å²) in [7, 11) is 0. The van der Waals surface area contributed by atoms with Gasteiger partial charge in [-0.25, -0.2) is 4.68 Å². The van der Waals surface area contributed by atoms with E-state index in [4.69, 9.17) is 29.4 Å². The van der Waals surface area contributed by atoms with Gasteiger partial charge in [0.15, 0.2) is 0 Å². The molecule has 0 spiro atoms. The average Bonchev–Trinajstić information content (AvgIpc) is 3.76. The molecule has 4 aromatic rings. The molecule has 18 nitrogen and oxygen atoms in total. The van der Waals surface area contributed by atoms with E-state index in [1.54, 1.807) is 28.0 Å². The Labute approximate surface area is 319 Å². The molecule has 0 unspecified atom stereocenters. The van der Waals surface area contributed by atoms with Gasteiger partial charge in [0.25, 0.3) is 0 Å². The van der Waals surface area contributed by atoms with Crippen molar-refractivity contribution >= 4 is 0 Å². The Morgan fingerprint density at radius 2 is 1.50 bits per heavy atom. The maximum absolute atomic E-state index is 7.56. The summed E-state index contributed by atoms with van der Waals surface area (Å²) in [5.74, 6) is 2.54. The average molecular weight is 797 g/mol. The van der Waals surface area contributed by atoms with Gasteiger partial charge in [0.2, 0.25) is 0 Å². The van der Waals surface area contributed by atoms with Crippen LogP contribution < -0.4 is 10.2 Å². The molecule has 0 aliphatic carbocycles. The van der Waals surface area contributed by atoms with Gasteiger partial charge in [0, 0.05) is 109 Å². The summed E-state index contributed by atoms with van der Waals surface area (Å²) in [6.45, 7) is 9.43. The van der Waals surface area contributed by atoms with E-state index >= 15 is 0 Å². The van der Waals surface area contributed by atoms with Crippen LogP contribution in [0.15, 0.2) is 29.9 Å². The fourth-order valence-corrected chi connectivity index (χ4v) is 1.89. The van der Waals surface area contributed by atoms with Crippen molar-refractivity contribution in [2.75, 3.05) is 6.54 Å². The first-order chi connectivity index (χ1) is 18.9. The first kappa shape index (κ1) is 49.3. The van der Waals surface area contributed by atoms with E-state index < -0.39 is 0 Å². The smallest absolute Gasteiger partial charge is 0.0874 e. The van der Waals surface area contributed by atoms with Crippen LogP contribution in [0.5, 0.6) is 0 Å². The molecule has 4 rings (SSSR count). The molecule has 0 saturated carbocycles. The molecule has 0 aromatic carbocycles. The Morgan fingerprint density at radius 3 is 1.81 bits per heavy atom. The molecule has 0 N–H and O–H groups in total. The molecular formula is C21H26N18Y3-6. The van der Waals surface area contributed by atoms with Gasteiger partial charge in [-0.2, -0.15) is 13.8 Å². The fraction of sp³-hybridized carbons (Fsp3) is 0.381. The van der Waals surface area contributed by atoms with Crippen molar-refractivity contribution in [3.05, 3.63) is 87.3 Å². The second-order valence-corrected chi connectivity index (χ2v) is 6.65. The summed E-state index contributed by atoms with van der Waals surface area (Å²) in [6, 6.07) is 0. The van der Waals surface area contributed by atoms with E-state index in [0.29, 0.717) is 19.0 Å². The number of terminal acetylenes is 2. The monoisotopic (exact) mass is 797 g/mol. The van der Waals surface area contributed by atoms with Crippen LogP contribution in [0.3, 0.4) is 0 Å². The summed E-state index contributed by atoms with van der Waals surface area (Å²) in [6.07, 6.45) is 25.0. The predicted molar refractivity (Wildman–Crippen MR) is 139 cm³/mol. The Bertz CT molecular complexity index is 1180. The van der Waals surface area contributed by atoms with Crippen molar-refractivity contribution in [1.82, 2.24) is 60.8 Å². The maximum atomic E-state index is 7.56. The van der Waals surface area contributed by atoms with Crippen LogP contribution in [0.2, 0.25) is 0 Å². The van der Waals surface area contributed by atoms with E-state index in [2.05, 4.69) is 93.9 Å². The van der Waals surface area contributed by atoms with Crippen molar-refractivity contribution in [2.45, 2.75) is 46.7 Å². The molecule has 0 bridgehead atoms. The molecule has 215 valence electrons. The van der Waals surface area contributed by atoms with Crippen LogP contribution in [0.1, 0.15) is 50.7 Å². The van der Waals surface area contributed by atoms with Crippen LogP contribution in [0.4, 0.5) is 0 Å². The Morgan fingerprint density at radius 1 is 1.00 bits per heavy atom. The van der Waals surface area contributed by atoms with Crippen molar-refractivity contribution in [1.29, 1.82) is 0 Å². The predicted octanol–water partition coefficient (Wildman–Crippen LogP) is 2.30. The van der Waals surface area contributed by atoms with Gasteiger partial charge in [-0.3, -0.25) is 20.0 Å². The zero-order chi connectivity index (χ0) is 29.7. The summed E-state index contributed by atoms with van der Waals surface area (Å²) < 4.78 is 3.34. The number of nitrogens with zero attached hydrogens (tertiary/aromatic N) is 18. The molecule has 3 radical (unpaired) electrons. The molecule has 0 aliphatic rings. The molecule has 42 heavy (non-hydrogen) atoms. The summed E-state index contributed by atoms with van der Waals surface area (Å²) in [5, 5.41) is 40.0. The summed E-state index contributed by atoms with van der Waals surface area (Å²) >= 11 is 0. The zero-order valence-electron chi connectivity index (χ0n) is 23.5. The molecule has 4 aromatic heterocycles. The van der Waals surface area contributed by atoms with Gasteiger partial charge in [-0.1, -0.05) is 36.6 Å². The van der Waals surface area contributed by atoms with Crippen LogP contribution in [0, 0.1) is 37.8 Å². The zero-order valence-corrected chi connectivity index (χ0v) is 32.0. The first-order valence-corrected chi connectivity index (χ1v) is 10.7. The SMILES string of the molecule is C#CCN=[N+]=[N-].CC(C)c1cn(Cc2c[n-]nn2)nn1.C[CH-]C.[C-]#C.[N-]=[N+]=[N-].[Y].[Y].[Y].[c-]1cn(Cc2c[n-]nn2)nn1. The minimum Gasteiger partial charge on any atom is -0.697 e. The van der Waals surface area contributed by atoms with Crippen molar-refractivity contribution in [3.63, 3.8) is 0 Å². The van der Waals surface area contributed by atoms with E-state index in [1.165, 1.54) is 4.91 Å². The molecular weight excluding hydrogens is 771 g/mol. The summed E-state index contributed by atoms with van der Waals surface area (Å²) in [4.78, 5) is 3.91. The second-order valence-electron chi connectivity index (χ2n) is 6.65. The third-order valence-corrected chi connectivity index (χ3v) is 3.31. The van der Waals surface area contributed by atoms with Crippen LogP contribution in [0.25, 0.3) is 26.4 Å². The van der Waals surface area contributed by atoms with E-state index in [0.717, 1.165) is 17.1 Å². The Balaban J connectivity index is -0.000000147. The van der Waals surface area contributed by atoms with Gasteiger partial charge in [-0.15, -0.1) is 28.9 Å². The fourth-order valence-electron chi connectivity index (χ4n) is 1.89. The van der Waals surface area contributed by atoms with Crippen molar-refractivity contribution in [2.24, 2.45) is 5.11 Å². The molecule has 21 heteroatoms. The van der Waals surface area contributed by atoms with Gasteiger partial charge in [0.1, 0.15) is 0 Å². The van der Waals surface area contributed by atoms with Crippen LogP contribution >= 0.6 is 0 Å². The quantitative estimate of drug-likeness (QED) is 0.0905. The van der Waals surface area contributed by atoms with Crippen LogP contribution in [-0.4, -0.2) is 57.2 Å².